The summed E-state index contributed by atoms with van der Waals surface area (Å²) in [6.07, 6.45) is 0. The van der Waals surface area contributed by atoms with Crippen LogP contribution in [-0.4, -0.2) is 90.7 Å². The van der Waals surface area contributed by atoms with Crippen LogP contribution in [0.4, 0.5) is 32.8 Å². The Morgan fingerprint density at radius 1 is 0.618 bits per heavy atom. The van der Waals surface area contributed by atoms with E-state index in [0.717, 1.165) is 6.07 Å². The van der Waals surface area contributed by atoms with Gasteiger partial charge in [-0.25, -0.2) is 17.0 Å². The normalized spacial score (nSPS) is 13.6. The molecule has 0 saturated heterocycles. The van der Waals surface area contributed by atoms with Gasteiger partial charge in [-0.05, 0) is 47.9 Å². The van der Waals surface area contributed by atoms with Crippen LogP contribution in [-0.2, 0) is 64.9 Å². The topological polar surface area (TPSA) is 411 Å². The summed E-state index contributed by atoms with van der Waals surface area (Å²) in [5, 5.41) is 23.6. The Bertz CT molecular complexity index is 3030. The molecule has 0 heterocycles. The van der Waals surface area contributed by atoms with Crippen molar-refractivity contribution in [1.82, 2.24) is 0 Å². The second-order valence-corrected chi connectivity index (χ2v) is 19.2. The van der Waals surface area contributed by atoms with Gasteiger partial charge in [-0.2, -0.15) is 47.2 Å². The van der Waals surface area contributed by atoms with Gasteiger partial charge in [0.25, 0.3) is 40.5 Å². The first-order valence-electron chi connectivity index (χ1n) is 13.6. The lowest BCUT2D eigenvalue weighted by Gasteiger charge is -2.14. The SMILES string of the molecule is Nc1c(N=Nc2ccc(S(=O)(=O)O)c(F)c2)c(S(=O)(=O)O)cc2cc(S(=O)(=O)O)c(N=Nc3ccc(S(=O)(=O)CCOS(=O)(=O)O)cc3S(=O)(=O)O)c(O)c12. The first kappa shape index (κ1) is 43.1. The Morgan fingerprint density at radius 3 is 1.65 bits per heavy atom. The van der Waals surface area contributed by atoms with Crippen molar-refractivity contribution >= 4 is 99.9 Å². The molecule has 8 N–H and O–H groups in total. The van der Waals surface area contributed by atoms with E-state index in [-0.39, 0.29) is 0 Å². The van der Waals surface area contributed by atoms with Gasteiger partial charge in [0.05, 0.1) is 34.0 Å². The van der Waals surface area contributed by atoms with Crippen molar-refractivity contribution in [2.75, 3.05) is 18.1 Å². The monoisotopic (exact) mass is 893 g/mol. The average Bonchev–Trinajstić information content (AvgIpc) is 3.00. The molecule has 298 valence electrons. The van der Waals surface area contributed by atoms with Crippen molar-refractivity contribution < 1.29 is 87.0 Å². The molecule has 0 bridgehead atoms. The number of hydrogen-bond acceptors (Lipinski definition) is 19. The van der Waals surface area contributed by atoms with Crippen LogP contribution >= 0.6 is 0 Å². The van der Waals surface area contributed by atoms with Gasteiger partial charge in [0, 0.05) is 6.07 Å². The number of azo groups is 2. The quantitative estimate of drug-likeness (QED) is 0.0576. The third kappa shape index (κ3) is 9.96. The van der Waals surface area contributed by atoms with Gasteiger partial charge in [0.2, 0.25) is 0 Å². The predicted molar refractivity (Wildman–Crippen MR) is 180 cm³/mol. The minimum absolute atomic E-state index is 0.310. The summed E-state index contributed by atoms with van der Waals surface area (Å²) in [5.41, 5.74) is 1.34. The number of nitrogen functional groups attached to an aromatic ring is 1. The van der Waals surface area contributed by atoms with Crippen molar-refractivity contribution in [2.45, 2.75) is 24.5 Å². The van der Waals surface area contributed by atoms with Crippen LogP contribution in [0.1, 0.15) is 0 Å². The van der Waals surface area contributed by atoms with E-state index in [1.54, 1.807) is 0 Å². The third-order valence-corrected chi connectivity index (χ3v) is 12.4. The number of phenolic OH excluding ortho intramolecular Hbond substituents is 1. The van der Waals surface area contributed by atoms with Gasteiger partial charge in [-0.1, -0.05) is 0 Å². The number of fused-ring (bicyclic) bond motifs is 1. The van der Waals surface area contributed by atoms with Crippen LogP contribution in [0.2, 0.25) is 0 Å². The standard InChI is InChI=1S/C24H20FN5O19S6/c25-14-9-12(1-4-16(14)51(34,35)36)27-29-22-18(53(40,41)42)7-11-8-19(54(43,44)45)23(24(31)20(11)21(22)26)30-28-15-3-2-13(10-17(15)52(37,38)39)50(32,33)6-5-49-55(46,47)48/h1-4,7-10,31H,5-6,26H2,(H,34,35,36)(H,37,38,39)(H,40,41,42)(H,43,44,45)(H,46,47,48). The molecule has 0 unspecified atom stereocenters. The molecule has 24 nitrogen and oxygen atoms in total. The Hall–Kier alpha value is -4.67. The number of hydrogen-bond donors (Lipinski definition) is 7. The molecule has 55 heavy (non-hydrogen) atoms. The first-order chi connectivity index (χ1) is 24.9. The molecule has 0 fully saturated rings. The molecule has 0 saturated carbocycles. The average molecular weight is 894 g/mol. The highest BCUT2D eigenvalue weighted by Crippen LogP contribution is 2.48. The zero-order chi connectivity index (χ0) is 41.7. The van der Waals surface area contributed by atoms with Crippen molar-refractivity contribution in [3.05, 3.63) is 54.3 Å². The molecular formula is C24H20FN5O19S6. The summed E-state index contributed by atoms with van der Waals surface area (Å²) in [6, 6.07) is 4.24. The van der Waals surface area contributed by atoms with Crippen molar-refractivity contribution in [2.24, 2.45) is 20.5 Å². The van der Waals surface area contributed by atoms with Crippen molar-refractivity contribution in [1.29, 1.82) is 0 Å². The van der Waals surface area contributed by atoms with E-state index in [4.69, 9.17) is 14.8 Å². The first-order valence-corrected chi connectivity index (χ1v) is 22.3. The highest BCUT2D eigenvalue weighted by Gasteiger charge is 2.29. The fraction of sp³-hybridized carbons (Fsp3) is 0.0833. The van der Waals surface area contributed by atoms with Crippen LogP contribution in [0.3, 0.4) is 0 Å². The van der Waals surface area contributed by atoms with Gasteiger partial charge in [0.15, 0.2) is 15.6 Å². The molecule has 0 atom stereocenters. The van der Waals surface area contributed by atoms with Crippen LogP contribution in [0.25, 0.3) is 10.8 Å². The van der Waals surface area contributed by atoms with Gasteiger partial charge in [-0.15, -0.1) is 15.3 Å². The summed E-state index contributed by atoms with van der Waals surface area (Å²) >= 11 is 0. The van der Waals surface area contributed by atoms with Gasteiger partial charge in [0.1, 0.15) is 42.5 Å². The molecule has 0 aliphatic carbocycles. The molecule has 0 aromatic heterocycles. The summed E-state index contributed by atoms with van der Waals surface area (Å²) in [5.74, 6) is -4.05. The summed E-state index contributed by atoms with van der Waals surface area (Å²) < 4.78 is 208. The second-order valence-electron chi connectivity index (χ2n) is 10.4. The van der Waals surface area contributed by atoms with E-state index in [1.165, 1.54) is 0 Å². The van der Waals surface area contributed by atoms with Crippen molar-refractivity contribution in [3.63, 3.8) is 0 Å². The zero-order valence-corrected chi connectivity index (χ0v) is 31.1. The maximum Gasteiger partial charge on any atom is 0.397 e. The smallest absolute Gasteiger partial charge is 0.397 e. The highest BCUT2D eigenvalue weighted by molar-refractivity contribution is 7.91. The molecule has 0 aliphatic heterocycles. The number of sulfone groups is 1. The van der Waals surface area contributed by atoms with E-state index < -0.39 is 148 Å². The maximum atomic E-state index is 14.3. The molecule has 0 radical (unpaired) electrons. The summed E-state index contributed by atoms with van der Waals surface area (Å²) in [7, 11) is -31.0. The highest BCUT2D eigenvalue weighted by atomic mass is 32.3. The second kappa shape index (κ2) is 14.8. The molecule has 31 heteroatoms. The molecule has 0 aliphatic rings. The third-order valence-electron chi connectivity index (χ3n) is 6.74. The largest absolute Gasteiger partial charge is 0.505 e. The molecular weight excluding hydrogens is 874 g/mol. The number of halogens is 1. The molecule has 0 amide bonds. The lowest BCUT2D eigenvalue weighted by atomic mass is 10.1. The van der Waals surface area contributed by atoms with E-state index >= 15 is 0 Å². The zero-order valence-electron chi connectivity index (χ0n) is 26.2. The molecule has 4 aromatic rings. The van der Waals surface area contributed by atoms with E-state index in [0.29, 0.717) is 42.5 Å². The van der Waals surface area contributed by atoms with Crippen molar-refractivity contribution in [3.8, 4) is 5.75 Å². The Labute approximate surface area is 308 Å². The number of aromatic hydroxyl groups is 1. The summed E-state index contributed by atoms with van der Waals surface area (Å²) in [6.45, 7) is -1.13. The minimum atomic E-state index is -5.50. The molecule has 4 rings (SSSR count). The van der Waals surface area contributed by atoms with E-state index in [9.17, 15) is 73.7 Å². The lowest BCUT2D eigenvalue weighted by molar-refractivity contribution is 0.284. The number of anilines is 1. The predicted octanol–water partition coefficient (Wildman–Crippen LogP) is 2.68. The van der Waals surface area contributed by atoms with Crippen LogP contribution in [0, 0.1) is 5.82 Å². The fourth-order valence-corrected chi connectivity index (χ4v) is 8.53. The number of nitrogens with zero attached hydrogens (tertiary/aromatic N) is 4. The van der Waals surface area contributed by atoms with E-state index in [2.05, 4.69) is 24.6 Å². The Balaban J connectivity index is 1.95. The Morgan fingerprint density at radius 2 is 1.15 bits per heavy atom. The van der Waals surface area contributed by atoms with Crippen LogP contribution in [0.15, 0.2) is 93.5 Å². The van der Waals surface area contributed by atoms with Crippen LogP contribution in [0.5, 0.6) is 5.75 Å². The lowest BCUT2D eigenvalue weighted by Crippen LogP contribution is -2.16. The van der Waals surface area contributed by atoms with Gasteiger partial charge in [-0.3, -0.25) is 22.8 Å². The number of benzene rings is 4. The number of rotatable bonds is 13. The molecule has 0 spiro atoms. The van der Waals surface area contributed by atoms with Gasteiger partial charge < -0.3 is 10.8 Å². The molecule has 4 aromatic carbocycles. The van der Waals surface area contributed by atoms with E-state index in [1.807, 2.05) is 0 Å². The number of nitrogens with two attached hydrogens (primary N) is 1. The minimum Gasteiger partial charge on any atom is -0.505 e. The fourth-order valence-electron chi connectivity index (χ4n) is 4.42. The summed E-state index contributed by atoms with van der Waals surface area (Å²) in [4.78, 5) is -5.96. The maximum absolute atomic E-state index is 14.3. The van der Waals surface area contributed by atoms with Crippen LogP contribution < -0.4 is 5.73 Å². The van der Waals surface area contributed by atoms with Gasteiger partial charge >= 0.3 is 10.4 Å². The number of phenols is 1. The Kier molecular flexibility index (Phi) is 11.6.